The molecule has 1 atom stereocenters. The number of nitrogens with zero attached hydrogens (tertiary/aromatic N) is 4. The Morgan fingerprint density at radius 3 is 2.77 bits per heavy atom. The summed E-state index contributed by atoms with van der Waals surface area (Å²) >= 11 is 0. The van der Waals surface area contributed by atoms with E-state index in [9.17, 15) is 4.79 Å². The number of hydrogen-bond donors (Lipinski definition) is 1. The number of aryl methyl sites for hydroxylation is 1. The van der Waals surface area contributed by atoms with Crippen LogP contribution in [0.25, 0.3) is 0 Å². The normalized spacial score (nSPS) is 15.9. The molecule has 0 radical (unpaired) electrons. The SMILES string of the molecule is CCCN1CCc2nnc(C(C)NC(=O)CCc3ccccc3)n2CC1. The van der Waals surface area contributed by atoms with Crippen molar-refractivity contribution in [2.75, 3.05) is 19.6 Å². The van der Waals surface area contributed by atoms with E-state index >= 15 is 0 Å². The molecule has 2 aromatic rings. The van der Waals surface area contributed by atoms with Crippen molar-refractivity contribution in [3.8, 4) is 0 Å². The van der Waals surface area contributed by atoms with E-state index in [-0.39, 0.29) is 11.9 Å². The summed E-state index contributed by atoms with van der Waals surface area (Å²) in [6.07, 6.45) is 3.33. The molecule has 1 aromatic heterocycles. The number of carbonyl (C=O) groups is 1. The second-order valence-electron chi connectivity index (χ2n) is 6.99. The maximum absolute atomic E-state index is 12.3. The Morgan fingerprint density at radius 1 is 1.19 bits per heavy atom. The first-order valence-corrected chi connectivity index (χ1v) is 9.65. The molecule has 1 N–H and O–H groups in total. The van der Waals surface area contributed by atoms with Crippen LogP contribution in [0.5, 0.6) is 0 Å². The van der Waals surface area contributed by atoms with Crippen molar-refractivity contribution >= 4 is 5.91 Å². The highest BCUT2D eigenvalue weighted by Gasteiger charge is 2.22. The van der Waals surface area contributed by atoms with Gasteiger partial charge < -0.3 is 14.8 Å². The van der Waals surface area contributed by atoms with Gasteiger partial charge in [-0.1, -0.05) is 37.3 Å². The largest absolute Gasteiger partial charge is 0.346 e. The minimum Gasteiger partial charge on any atom is -0.346 e. The lowest BCUT2D eigenvalue weighted by Crippen LogP contribution is -2.30. The van der Waals surface area contributed by atoms with Crippen LogP contribution in [0.1, 0.15) is 49.9 Å². The van der Waals surface area contributed by atoms with Crippen LogP contribution in [0.2, 0.25) is 0 Å². The highest BCUT2D eigenvalue weighted by molar-refractivity contribution is 5.76. The molecule has 1 amide bonds. The highest BCUT2D eigenvalue weighted by atomic mass is 16.1. The highest BCUT2D eigenvalue weighted by Crippen LogP contribution is 2.16. The van der Waals surface area contributed by atoms with Crippen LogP contribution in [0.3, 0.4) is 0 Å². The van der Waals surface area contributed by atoms with E-state index in [1.165, 1.54) is 12.0 Å². The molecular formula is C20H29N5O. The summed E-state index contributed by atoms with van der Waals surface area (Å²) in [6, 6.07) is 9.97. The molecule has 0 saturated heterocycles. The van der Waals surface area contributed by atoms with Crippen LogP contribution in [0.4, 0.5) is 0 Å². The van der Waals surface area contributed by atoms with Crippen molar-refractivity contribution in [2.24, 2.45) is 0 Å². The molecule has 6 nitrogen and oxygen atoms in total. The summed E-state index contributed by atoms with van der Waals surface area (Å²) in [5, 5.41) is 11.8. The van der Waals surface area contributed by atoms with Crippen molar-refractivity contribution in [3.63, 3.8) is 0 Å². The summed E-state index contributed by atoms with van der Waals surface area (Å²) < 4.78 is 2.19. The molecule has 0 saturated carbocycles. The summed E-state index contributed by atoms with van der Waals surface area (Å²) in [7, 11) is 0. The first kappa shape index (κ1) is 18.6. The number of hydrogen-bond acceptors (Lipinski definition) is 4. The molecular weight excluding hydrogens is 326 g/mol. The van der Waals surface area contributed by atoms with Gasteiger partial charge in [-0.15, -0.1) is 10.2 Å². The second-order valence-corrected chi connectivity index (χ2v) is 6.99. The lowest BCUT2D eigenvalue weighted by Gasteiger charge is -2.19. The number of rotatable bonds is 7. The fraction of sp³-hybridized carbons (Fsp3) is 0.550. The van der Waals surface area contributed by atoms with Crippen molar-refractivity contribution < 1.29 is 4.79 Å². The number of fused-ring (bicyclic) bond motifs is 1. The van der Waals surface area contributed by atoms with Gasteiger partial charge in [0.25, 0.3) is 0 Å². The number of aromatic nitrogens is 3. The third-order valence-electron chi connectivity index (χ3n) is 4.94. The standard InChI is InChI=1S/C20H29N5O/c1-3-12-24-13-11-18-22-23-20(25(18)15-14-24)16(2)21-19(26)10-9-17-7-5-4-6-8-17/h4-8,16H,3,9-15H2,1-2H3,(H,21,26). The van der Waals surface area contributed by atoms with Gasteiger partial charge in [-0.05, 0) is 31.9 Å². The van der Waals surface area contributed by atoms with E-state index < -0.39 is 0 Å². The monoisotopic (exact) mass is 355 g/mol. The fourth-order valence-corrected chi connectivity index (χ4v) is 3.53. The van der Waals surface area contributed by atoms with Gasteiger partial charge in [0.05, 0.1) is 6.04 Å². The van der Waals surface area contributed by atoms with E-state index in [1.807, 2.05) is 25.1 Å². The smallest absolute Gasteiger partial charge is 0.220 e. The van der Waals surface area contributed by atoms with Gasteiger partial charge in [-0.3, -0.25) is 4.79 Å². The molecule has 1 aliphatic heterocycles. The predicted molar refractivity (Wildman–Crippen MR) is 102 cm³/mol. The molecule has 3 rings (SSSR count). The van der Waals surface area contributed by atoms with Crippen LogP contribution in [0.15, 0.2) is 30.3 Å². The zero-order valence-corrected chi connectivity index (χ0v) is 15.8. The van der Waals surface area contributed by atoms with E-state index in [0.717, 1.165) is 50.7 Å². The van der Waals surface area contributed by atoms with Crippen molar-refractivity contribution in [1.29, 1.82) is 0 Å². The van der Waals surface area contributed by atoms with Gasteiger partial charge >= 0.3 is 0 Å². The maximum atomic E-state index is 12.3. The average Bonchev–Trinajstić information content (AvgIpc) is 2.96. The lowest BCUT2D eigenvalue weighted by atomic mass is 10.1. The quantitative estimate of drug-likeness (QED) is 0.828. The number of amides is 1. The molecule has 2 heterocycles. The van der Waals surface area contributed by atoms with Gasteiger partial charge in [-0.2, -0.15) is 0 Å². The van der Waals surface area contributed by atoms with Gasteiger partial charge in [0.1, 0.15) is 5.82 Å². The number of nitrogens with one attached hydrogen (secondary N) is 1. The molecule has 0 fully saturated rings. The molecule has 1 aromatic carbocycles. The first-order chi connectivity index (χ1) is 12.7. The van der Waals surface area contributed by atoms with Gasteiger partial charge in [0.2, 0.25) is 5.91 Å². The third kappa shape index (κ3) is 4.69. The third-order valence-corrected chi connectivity index (χ3v) is 4.94. The molecule has 1 aliphatic rings. The Morgan fingerprint density at radius 2 is 2.00 bits per heavy atom. The summed E-state index contributed by atoms with van der Waals surface area (Å²) in [6.45, 7) is 8.27. The van der Waals surface area contributed by atoms with E-state index in [0.29, 0.717) is 6.42 Å². The molecule has 0 aliphatic carbocycles. The zero-order chi connectivity index (χ0) is 18.4. The van der Waals surface area contributed by atoms with E-state index in [2.05, 4.69) is 44.0 Å². The van der Waals surface area contributed by atoms with E-state index in [1.54, 1.807) is 0 Å². The first-order valence-electron chi connectivity index (χ1n) is 9.65. The molecule has 6 heteroatoms. The van der Waals surface area contributed by atoms with E-state index in [4.69, 9.17) is 0 Å². The van der Waals surface area contributed by atoms with Crippen LogP contribution >= 0.6 is 0 Å². The Balaban J connectivity index is 1.56. The fourth-order valence-electron chi connectivity index (χ4n) is 3.53. The minimum absolute atomic E-state index is 0.0555. The number of benzene rings is 1. The van der Waals surface area contributed by atoms with Crippen LogP contribution in [-0.4, -0.2) is 45.2 Å². The molecule has 0 bridgehead atoms. The summed E-state index contributed by atoms with van der Waals surface area (Å²) in [4.78, 5) is 14.8. The van der Waals surface area contributed by atoms with Crippen LogP contribution in [0, 0.1) is 0 Å². The lowest BCUT2D eigenvalue weighted by molar-refractivity contribution is -0.121. The zero-order valence-electron chi connectivity index (χ0n) is 15.8. The Hall–Kier alpha value is -2.21. The van der Waals surface area contributed by atoms with Crippen molar-refractivity contribution in [2.45, 2.75) is 52.1 Å². The summed E-state index contributed by atoms with van der Waals surface area (Å²) in [5.41, 5.74) is 1.18. The molecule has 0 spiro atoms. The van der Waals surface area contributed by atoms with Gasteiger partial charge in [0.15, 0.2) is 5.82 Å². The van der Waals surface area contributed by atoms with Gasteiger partial charge in [0, 0.05) is 32.5 Å². The van der Waals surface area contributed by atoms with Gasteiger partial charge in [-0.25, -0.2) is 0 Å². The Labute approximate surface area is 155 Å². The van der Waals surface area contributed by atoms with Crippen LogP contribution in [-0.2, 0) is 24.2 Å². The minimum atomic E-state index is -0.128. The van der Waals surface area contributed by atoms with Crippen molar-refractivity contribution in [3.05, 3.63) is 47.5 Å². The Kier molecular flexibility index (Phi) is 6.39. The average molecular weight is 355 g/mol. The second kappa shape index (κ2) is 8.94. The van der Waals surface area contributed by atoms with Crippen molar-refractivity contribution in [1.82, 2.24) is 25.0 Å². The predicted octanol–water partition coefficient (Wildman–Crippen LogP) is 2.36. The topological polar surface area (TPSA) is 63.1 Å². The molecule has 1 unspecified atom stereocenters. The molecule has 140 valence electrons. The molecule has 26 heavy (non-hydrogen) atoms. The maximum Gasteiger partial charge on any atom is 0.220 e. The number of carbonyl (C=O) groups excluding carboxylic acids is 1. The van der Waals surface area contributed by atoms with Crippen LogP contribution < -0.4 is 5.32 Å². The Bertz CT molecular complexity index is 712. The summed E-state index contributed by atoms with van der Waals surface area (Å²) in [5.74, 6) is 1.95.